The summed E-state index contributed by atoms with van der Waals surface area (Å²) in [5.41, 5.74) is 9.67. The molecule has 0 aromatic carbocycles. The number of anilines is 2. The van der Waals surface area contributed by atoms with Crippen molar-refractivity contribution in [2.24, 2.45) is 19.1 Å². The number of nitrogens with zero attached hydrogens (tertiary/aromatic N) is 13. The first-order valence-corrected chi connectivity index (χ1v) is 22.8. The molecule has 0 saturated carbocycles. The molecular formula is C49H48ClN13O5. The molecule has 4 bridgehead atoms. The molecule has 68 heavy (non-hydrogen) atoms. The highest BCUT2D eigenvalue weighted by Crippen LogP contribution is 2.38. The minimum atomic E-state index is 0.343. The van der Waals surface area contributed by atoms with E-state index in [1.807, 2.05) is 67.6 Å². The minimum absolute atomic E-state index is 0.343. The Morgan fingerprint density at radius 1 is 0.574 bits per heavy atom. The molecule has 0 spiro atoms. The number of aryl methyl sites for hydroxylation is 2. The highest BCUT2D eigenvalue weighted by molar-refractivity contribution is 6.29. The molecule has 5 aliphatic heterocycles. The largest absolute Gasteiger partial charge is 0.480 e. The second kappa shape index (κ2) is 18.1. The lowest BCUT2D eigenvalue weighted by atomic mass is 10.0. The van der Waals surface area contributed by atoms with Crippen LogP contribution in [-0.2, 0) is 30.1 Å². The van der Waals surface area contributed by atoms with Gasteiger partial charge in [0.15, 0.2) is 0 Å². The molecule has 0 N–H and O–H groups in total. The van der Waals surface area contributed by atoms with Crippen LogP contribution in [0.4, 0.5) is 11.6 Å². The van der Waals surface area contributed by atoms with Crippen LogP contribution in [0.15, 0.2) is 96.8 Å². The molecule has 4 saturated heterocycles. The summed E-state index contributed by atoms with van der Waals surface area (Å²) in [6.45, 7) is 4.10. The van der Waals surface area contributed by atoms with Crippen molar-refractivity contribution in [1.29, 1.82) is 0 Å². The Balaban J connectivity index is 0.000000113. The van der Waals surface area contributed by atoms with Crippen molar-refractivity contribution in [1.82, 2.24) is 49.5 Å². The summed E-state index contributed by atoms with van der Waals surface area (Å²) in [6, 6.07) is 18.6. The maximum Gasteiger partial charge on any atom is 0.224 e. The maximum absolute atomic E-state index is 5.93. The number of hydrogen-bond donors (Lipinski definition) is 0. The van der Waals surface area contributed by atoms with Gasteiger partial charge in [0.2, 0.25) is 17.6 Å². The fraction of sp³-hybridized carbons (Fsp3) is 0.327. The van der Waals surface area contributed by atoms with Crippen molar-refractivity contribution in [3.05, 3.63) is 114 Å². The molecule has 346 valence electrons. The number of methoxy groups -OCH3 is 3. The van der Waals surface area contributed by atoms with Gasteiger partial charge in [0.25, 0.3) is 0 Å². The lowest BCUT2D eigenvalue weighted by Gasteiger charge is -2.28. The number of morpholine rings is 2. The van der Waals surface area contributed by atoms with E-state index < -0.39 is 0 Å². The molecule has 0 aliphatic carbocycles. The predicted octanol–water partition coefficient (Wildman–Crippen LogP) is 6.52. The molecular weight excluding hydrogens is 886 g/mol. The third kappa shape index (κ3) is 7.86. The van der Waals surface area contributed by atoms with E-state index in [2.05, 4.69) is 56.9 Å². The molecule has 8 aromatic heterocycles. The van der Waals surface area contributed by atoms with Crippen LogP contribution in [0.5, 0.6) is 17.6 Å². The Morgan fingerprint density at radius 3 is 1.57 bits per heavy atom. The third-order valence-electron chi connectivity index (χ3n) is 13.1. The number of aromatic nitrogens is 10. The van der Waals surface area contributed by atoms with Crippen LogP contribution in [0.1, 0.15) is 29.5 Å². The Morgan fingerprint density at radius 2 is 1.06 bits per heavy atom. The molecule has 0 amide bonds. The van der Waals surface area contributed by atoms with Gasteiger partial charge >= 0.3 is 0 Å². The standard InChI is InChI=1S/C18H19N5O2.C18H18N4O2.C13H11ClN4O/c1-22-14-4-6-20-18(24-2)16(14)17(21-22)11-3-5-19-15(7-11)23-9-13-8-12(23)10-25-13;1-23-18-16-12(3-5-20-18)8-21-17(16)11-2-4-19-15(6-11)22-9-14-7-13(22)10-24-14;1-18-9-4-6-16-13(19-2)11(9)12(17-18)8-3-5-15-10(14)7-8/h3-7,12-13H,8-10H2,1-2H3;2-6,13-14H,7-10H2,1H3;3-7H,1-2H3/t12-,13-;13-,14-;/m00./s1. The quantitative estimate of drug-likeness (QED) is 0.150. The maximum atomic E-state index is 5.93. The Bertz CT molecular complexity index is 3220. The summed E-state index contributed by atoms with van der Waals surface area (Å²) >= 11 is 5.93. The first-order valence-electron chi connectivity index (χ1n) is 22.4. The van der Waals surface area contributed by atoms with E-state index in [4.69, 9.17) is 45.4 Å². The third-order valence-corrected chi connectivity index (χ3v) is 13.3. The fourth-order valence-electron chi connectivity index (χ4n) is 9.93. The van der Waals surface area contributed by atoms with Crippen LogP contribution in [0, 0.1) is 0 Å². The van der Waals surface area contributed by atoms with Crippen molar-refractivity contribution in [2.45, 2.75) is 43.7 Å². The van der Waals surface area contributed by atoms with Crippen LogP contribution >= 0.6 is 11.6 Å². The van der Waals surface area contributed by atoms with Crippen LogP contribution in [-0.4, -0.2) is 127 Å². The highest BCUT2D eigenvalue weighted by atomic mass is 35.5. The normalized spacial score (nSPS) is 19.7. The van der Waals surface area contributed by atoms with Gasteiger partial charge in [-0.05, 0) is 73.0 Å². The van der Waals surface area contributed by atoms with Crippen molar-refractivity contribution < 1.29 is 23.7 Å². The number of halogens is 1. The molecule has 0 unspecified atom stereocenters. The zero-order valence-electron chi connectivity index (χ0n) is 38.2. The van der Waals surface area contributed by atoms with E-state index in [1.54, 1.807) is 56.9 Å². The van der Waals surface area contributed by atoms with Gasteiger partial charge in [0.05, 0.1) is 98.5 Å². The van der Waals surface area contributed by atoms with Crippen LogP contribution in [0.25, 0.3) is 44.3 Å². The average Bonchev–Trinajstić information content (AvgIpc) is 4.27. The van der Waals surface area contributed by atoms with Gasteiger partial charge in [-0.2, -0.15) is 10.2 Å². The summed E-state index contributed by atoms with van der Waals surface area (Å²) in [7, 11) is 8.70. The molecule has 5 aliphatic rings. The second-order valence-electron chi connectivity index (χ2n) is 17.1. The number of aliphatic imine (C=N–C) groups is 1. The molecule has 0 radical (unpaired) electrons. The Labute approximate surface area is 396 Å². The second-order valence-corrected chi connectivity index (χ2v) is 17.4. The molecule has 4 fully saturated rings. The zero-order valence-corrected chi connectivity index (χ0v) is 38.9. The molecule has 13 heterocycles. The summed E-state index contributed by atoms with van der Waals surface area (Å²) in [5.74, 6) is 3.76. The van der Waals surface area contributed by atoms with Gasteiger partial charge < -0.3 is 33.5 Å². The molecule has 4 atom stereocenters. The van der Waals surface area contributed by atoms with Crippen LogP contribution < -0.4 is 24.0 Å². The van der Waals surface area contributed by atoms with Crippen LogP contribution in [0.3, 0.4) is 0 Å². The summed E-state index contributed by atoms with van der Waals surface area (Å²) < 4.78 is 31.3. The number of hydrogen-bond acceptors (Lipinski definition) is 16. The number of rotatable bonds is 8. The zero-order chi connectivity index (χ0) is 46.5. The summed E-state index contributed by atoms with van der Waals surface area (Å²) in [6.07, 6.45) is 13.5. The fourth-order valence-corrected chi connectivity index (χ4v) is 10.1. The average molecular weight is 934 g/mol. The Kier molecular flexibility index (Phi) is 11.5. The lowest BCUT2D eigenvalue weighted by Crippen LogP contribution is -2.37. The number of fused-ring (bicyclic) bond motifs is 7. The van der Waals surface area contributed by atoms with E-state index in [-0.39, 0.29) is 0 Å². The van der Waals surface area contributed by atoms with Crippen molar-refractivity contribution >= 4 is 50.8 Å². The smallest absolute Gasteiger partial charge is 0.224 e. The van der Waals surface area contributed by atoms with E-state index in [0.29, 0.717) is 53.6 Å². The first-order chi connectivity index (χ1) is 33.3. The topological polar surface area (TPSA) is 178 Å². The van der Waals surface area contributed by atoms with Crippen molar-refractivity contribution in [2.75, 3.05) is 57.4 Å². The number of ether oxygens (including phenoxy) is 5. The van der Waals surface area contributed by atoms with Gasteiger partial charge in [-0.15, -0.1) is 0 Å². The lowest BCUT2D eigenvalue weighted by molar-refractivity contribution is 0.0987. The first kappa shape index (κ1) is 43.3. The summed E-state index contributed by atoms with van der Waals surface area (Å²) in [5, 5.41) is 11.5. The molecule has 19 heteroatoms. The molecule has 8 aromatic rings. The monoisotopic (exact) mass is 933 g/mol. The molecule has 13 rings (SSSR count). The van der Waals surface area contributed by atoms with E-state index in [0.717, 1.165) is 118 Å². The van der Waals surface area contributed by atoms with Crippen LogP contribution in [0.2, 0.25) is 5.15 Å². The SMILES string of the molecule is COc1nccc2c1C(c1ccnc(N3C[C@@H]4C[C@H]3CO4)c1)=NC2.COc1nccc2c1c(-c1ccnc(Cl)c1)nn2C.COc1nccc2c1c(-c1ccnc(N3C[C@@H]4C[C@H]3CO4)c1)nn2C. The minimum Gasteiger partial charge on any atom is -0.480 e. The van der Waals surface area contributed by atoms with Gasteiger partial charge in [0, 0.05) is 81.1 Å². The van der Waals surface area contributed by atoms with Crippen molar-refractivity contribution in [3.63, 3.8) is 0 Å². The van der Waals surface area contributed by atoms with Gasteiger partial charge in [0.1, 0.15) is 28.2 Å². The Hall–Kier alpha value is -7.28. The highest BCUT2D eigenvalue weighted by Gasteiger charge is 2.41. The predicted molar refractivity (Wildman–Crippen MR) is 257 cm³/mol. The van der Waals surface area contributed by atoms with Crippen molar-refractivity contribution in [3.8, 4) is 40.2 Å². The number of pyridine rings is 6. The van der Waals surface area contributed by atoms with E-state index in [9.17, 15) is 0 Å². The summed E-state index contributed by atoms with van der Waals surface area (Å²) in [4.78, 5) is 35.5. The van der Waals surface area contributed by atoms with E-state index in [1.165, 1.54) is 0 Å². The van der Waals surface area contributed by atoms with E-state index >= 15 is 0 Å². The van der Waals surface area contributed by atoms with Gasteiger partial charge in [-0.1, -0.05) is 11.6 Å². The van der Waals surface area contributed by atoms with Gasteiger partial charge in [-0.3, -0.25) is 14.4 Å². The molecule has 18 nitrogen and oxygen atoms in total. The van der Waals surface area contributed by atoms with Gasteiger partial charge in [-0.25, -0.2) is 29.9 Å².